The summed E-state index contributed by atoms with van der Waals surface area (Å²) < 4.78 is 60.8. The van der Waals surface area contributed by atoms with E-state index in [-0.39, 0.29) is 10.8 Å². The summed E-state index contributed by atoms with van der Waals surface area (Å²) in [4.78, 5) is 0. The number of nitrogens with one attached hydrogen (secondary N) is 3. The van der Waals surface area contributed by atoms with Crippen LogP contribution in [-0.4, -0.2) is 18.2 Å². The first kappa shape index (κ1) is 26.1. The van der Waals surface area contributed by atoms with Gasteiger partial charge in [-0.05, 0) is 73.2 Å². The highest BCUT2D eigenvalue weighted by Gasteiger charge is 2.30. The van der Waals surface area contributed by atoms with Crippen LogP contribution in [-0.2, 0) is 0 Å². The molecule has 9 heteroatoms. The smallest absolute Gasteiger partial charge is 0.283 e. The third-order valence-corrected chi connectivity index (χ3v) is 5.38. The fourth-order valence-electron chi connectivity index (χ4n) is 3.36. The number of hydrogen-bond donors (Lipinski definition) is 3. The normalized spacial score (nSPS) is 13.0. The van der Waals surface area contributed by atoms with E-state index in [4.69, 9.17) is 21.7 Å². The molecule has 3 N–H and O–H groups in total. The van der Waals surface area contributed by atoms with Crippen molar-refractivity contribution >= 4 is 29.2 Å². The second-order valence-corrected chi connectivity index (χ2v) is 8.50. The van der Waals surface area contributed by atoms with E-state index in [1.165, 1.54) is 24.3 Å². The van der Waals surface area contributed by atoms with Crippen LogP contribution in [0.1, 0.15) is 31.1 Å². The molecule has 0 spiro atoms. The molecule has 2 atom stereocenters. The van der Waals surface area contributed by atoms with Crippen LogP contribution < -0.4 is 15.4 Å². The average Bonchev–Trinajstić information content (AvgIpc) is 2.78. The SMILES string of the molecule is C=C(NC(C)[C@H](Oc1ccc(Nc2ccc(F)cc2)c(C=N)c1)c1cc(F)cc(Cl)c1)C(C)(F)F. The molecule has 0 radical (unpaired) electrons. The van der Waals surface area contributed by atoms with Gasteiger partial charge in [0.05, 0.1) is 11.7 Å². The summed E-state index contributed by atoms with van der Waals surface area (Å²) in [5, 5.41) is 13.6. The molecule has 0 amide bonds. The van der Waals surface area contributed by atoms with Gasteiger partial charge >= 0.3 is 0 Å². The minimum absolute atomic E-state index is 0.125. The summed E-state index contributed by atoms with van der Waals surface area (Å²) in [5.41, 5.74) is 1.45. The van der Waals surface area contributed by atoms with Gasteiger partial charge in [-0.3, -0.25) is 0 Å². The van der Waals surface area contributed by atoms with Gasteiger partial charge in [0.1, 0.15) is 23.5 Å². The molecule has 0 heterocycles. The van der Waals surface area contributed by atoms with Crippen molar-refractivity contribution in [1.29, 1.82) is 5.41 Å². The second kappa shape index (κ2) is 10.8. The Balaban J connectivity index is 1.91. The summed E-state index contributed by atoms with van der Waals surface area (Å²) in [6.45, 7) is 5.71. The zero-order valence-electron chi connectivity index (χ0n) is 19.0. The number of anilines is 2. The number of alkyl halides is 2. The predicted octanol–water partition coefficient (Wildman–Crippen LogP) is 7.63. The molecule has 0 aliphatic carbocycles. The third kappa shape index (κ3) is 6.99. The molecule has 0 aliphatic rings. The molecule has 184 valence electrons. The van der Waals surface area contributed by atoms with Crippen LogP contribution in [0.3, 0.4) is 0 Å². The molecular weight excluding hydrogens is 482 g/mol. The van der Waals surface area contributed by atoms with Gasteiger partial charge in [-0.15, -0.1) is 0 Å². The van der Waals surface area contributed by atoms with Crippen LogP contribution in [0, 0.1) is 17.0 Å². The molecule has 4 nitrogen and oxygen atoms in total. The maximum Gasteiger partial charge on any atom is 0.283 e. The van der Waals surface area contributed by atoms with Gasteiger partial charge in [0.15, 0.2) is 0 Å². The maximum atomic E-state index is 14.1. The lowest BCUT2D eigenvalue weighted by Gasteiger charge is -2.29. The summed E-state index contributed by atoms with van der Waals surface area (Å²) >= 11 is 6.02. The molecule has 1 unspecified atom stereocenters. The Labute approximate surface area is 206 Å². The van der Waals surface area contributed by atoms with Gasteiger partial charge in [-0.2, -0.15) is 0 Å². The van der Waals surface area contributed by atoms with E-state index in [0.717, 1.165) is 12.3 Å². The quantitative estimate of drug-likeness (QED) is 0.196. The first-order valence-electron chi connectivity index (χ1n) is 10.6. The molecular formula is C26H24ClF4N3O. The highest BCUT2D eigenvalue weighted by atomic mass is 35.5. The van der Waals surface area contributed by atoms with Crippen LogP contribution in [0.15, 0.2) is 72.9 Å². The molecule has 0 aromatic heterocycles. The zero-order chi connectivity index (χ0) is 25.8. The third-order valence-electron chi connectivity index (χ3n) is 5.16. The van der Waals surface area contributed by atoms with Crippen LogP contribution >= 0.6 is 11.6 Å². The lowest BCUT2D eigenvalue weighted by molar-refractivity contribution is 0.0497. The predicted molar refractivity (Wildman–Crippen MR) is 131 cm³/mol. The number of halogens is 5. The first-order chi connectivity index (χ1) is 16.5. The fraction of sp³-hybridized carbons (Fsp3) is 0.192. The number of rotatable bonds is 10. The fourth-order valence-corrected chi connectivity index (χ4v) is 3.59. The minimum atomic E-state index is -3.18. The molecule has 0 aliphatic heterocycles. The monoisotopic (exact) mass is 505 g/mol. The highest BCUT2D eigenvalue weighted by molar-refractivity contribution is 6.30. The second-order valence-electron chi connectivity index (χ2n) is 8.07. The van der Waals surface area contributed by atoms with Gasteiger partial charge in [0.2, 0.25) is 0 Å². The topological polar surface area (TPSA) is 57.1 Å². The van der Waals surface area contributed by atoms with E-state index in [9.17, 15) is 17.6 Å². The summed E-state index contributed by atoms with van der Waals surface area (Å²) in [5.74, 6) is -3.85. The lowest BCUT2D eigenvalue weighted by Crippen LogP contribution is -2.39. The molecule has 3 aromatic rings. The molecule has 0 bridgehead atoms. The van der Waals surface area contributed by atoms with Gasteiger partial charge < -0.3 is 20.8 Å². The first-order valence-corrected chi connectivity index (χ1v) is 11.0. The largest absolute Gasteiger partial charge is 0.484 e. The van der Waals surface area contributed by atoms with Gasteiger partial charge in [0, 0.05) is 35.1 Å². The molecule has 3 aromatic carbocycles. The Hall–Kier alpha value is -3.52. The lowest BCUT2D eigenvalue weighted by atomic mass is 10.0. The number of ether oxygens (including phenoxy) is 1. The number of hydrogen-bond acceptors (Lipinski definition) is 4. The van der Waals surface area contributed by atoms with Gasteiger partial charge in [-0.1, -0.05) is 18.2 Å². The Morgan fingerprint density at radius 3 is 2.34 bits per heavy atom. The van der Waals surface area contributed by atoms with Crippen molar-refractivity contribution < 1.29 is 22.3 Å². The van der Waals surface area contributed by atoms with Crippen molar-refractivity contribution in [3.05, 3.63) is 101 Å². The summed E-state index contributed by atoms with van der Waals surface area (Å²) in [6.07, 6.45) is 0.172. The average molecular weight is 506 g/mol. The van der Waals surface area contributed by atoms with Crippen molar-refractivity contribution in [2.24, 2.45) is 0 Å². The van der Waals surface area contributed by atoms with E-state index in [1.54, 1.807) is 37.3 Å². The molecule has 35 heavy (non-hydrogen) atoms. The van der Waals surface area contributed by atoms with E-state index in [1.807, 2.05) is 0 Å². The highest BCUT2D eigenvalue weighted by Crippen LogP contribution is 2.32. The molecule has 0 fully saturated rings. The van der Waals surface area contributed by atoms with E-state index in [0.29, 0.717) is 35.2 Å². The summed E-state index contributed by atoms with van der Waals surface area (Å²) in [6, 6.07) is 13.6. The summed E-state index contributed by atoms with van der Waals surface area (Å²) in [7, 11) is 0. The minimum Gasteiger partial charge on any atom is -0.484 e. The Kier molecular flexibility index (Phi) is 8.07. The standard InChI is InChI=1S/C26H24ClF4N3O/c1-15(33-16(2)26(3,30)31)25(17-10-19(27)13-21(29)11-17)35-23-8-9-24(18(12-23)14-32)34-22-6-4-20(28)5-7-22/h4-15,25,32-34H,2H2,1,3H3/t15?,25-/m0/s1. The van der Waals surface area contributed by atoms with Crippen molar-refractivity contribution in [2.45, 2.75) is 31.9 Å². The van der Waals surface area contributed by atoms with Crippen molar-refractivity contribution in [3.8, 4) is 5.75 Å². The van der Waals surface area contributed by atoms with E-state index >= 15 is 0 Å². The molecule has 3 rings (SSSR count). The molecule has 0 saturated heterocycles. The van der Waals surface area contributed by atoms with Gasteiger partial charge in [0.25, 0.3) is 5.92 Å². The van der Waals surface area contributed by atoms with Crippen LogP contribution in [0.5, 0.6) is 5.75 Å². The van der Waals surface area contributed by atoms with Crippen molar-refractivity contribution in [1.82, 2.24) is 5.32 Å². The molecule has 0 saturated carbocycles. The number of benzene rings is 3. The Morgan fingerprint density at radius 1 is 1.06 bits per heavy atom. The Bertz CT molecular complexity index is 1190. The van der Waals surface area contributed by atoms with Crippen molar-refractivity contribution in [3.63, 3.8) is 0 Å². The van der Waals surface area contributed by atoms with E-state index in [2.05, 4.69) is 17.2 Å². The zero-order valence-corrected chi connectivity index (χ0v) is 19.8. The van der Waals surface area contributed by atoms with Crippen LogP contribution in [0.2, 0.25) is 5.02 Å². The Morgan fingerprint density at radius 2 is 1.74 bits per heavy atom. The number of allylic oxidation sites excluding steroid dienone is 1. The van der Waals surface area contributed by atoms with Gasteiger partial charge in [-0.25, -0.2) is 17.6 Å². The van der Waals surface area contributed by atoms with Crippen LogP contribution in [0.25, 0.3) is 0 Å². The van der Waals surface area contributed by atoms with Crippen LogP contribution in [0.4, 0.5) is 28.9 Å². The van der Waals surface area contributed by atoms with E-state index < -0.39 is 29.6 Å². The van der Waals surface area contributed by atoms with Crippen molar-refractivity contribution in [2.75, 3.05) is 5.32 Å². The maximum absolute atomic E-state index is 14.1.